The second-order valence-corrected chi connectivity index (χ2v) is 10.2. The number of carbonyl (C=O) groups excluding carboxylic acids is 3. The molecule has 0 aromatic heterocycles. The van der Waals surface area contributed by atoms with Crippen LogP contribution in [0, 0.1) is 0 Å². The summed E-state index contributed by atoms with van der Waals surface area (Å²) in [5, 5.41) is 3.24. The van der Waals surface area contributed by atoms with Crippen LogP contribution in [0.5, 0.6) is 11.5 Å². The molecule has 4 aromatic carbocycles. The maximum absolute atomic E-state index is 13.5. The van der Waals surface area contributed by atoms with Crippen LogP contribution >= 0.6 is 34.8 Å². The van der Waals surface area contributed by atoms with Crippen molar-refractivity contribution in [2.24, 2.45) is 0 Å². The predicted octanol–water partition coefficient (Wildman–Crippen LogP) is 7.47. The van der Waals surface area contributed by atoms with Crippen LogP contribution in [0.1, 0.15) is 16.7 Å². The number of ether oxygens (including phenoxy) is 2. The number of hydrogen-bond donors (Lipinski definition) is 1. The molecule has 1 aliphatic rings. The molecular weight excluding hydrogens is 587 g/mol. The van der Waals surface area contributed by atoms with Crippen LogP contribution in [0.4, 0.5) is 10.5 Å². The van der Waals surface area contributed by atoms with Crippen molar-refractivity contribution in [1.29, 1.82) is 0 Å². The monoisotopic (exact) mass is 606 g/mol. The first-order valence-electron chi connectivity index (χ1n) is 12.3. The van der Waals surface area contributed by atoms with E-state index in [2.05, 4.69) is 5.32 Å². The van der Waals surface area contributed by atoms with Gasteiger partial charge in [0.25, 0.3) is 11.8 Å². The highest BCUT2D eigenvalue weighted by Crippen LogP contribution is 2.35. The molecule has 7 nitrogen and oxygen atoms in total. The zero-order valence-corrected chi connectivity index (χ0v) is 23.5. The van der Waals surface area contributed by atoms with Gasteiger partial charge in [-0.15, -0.1) is 0 Å². The van der Waals surface area contributed by atoms with Gasteiger partial charge in [-0.3, -0.25) is 14.9 Å². The number of carbonyl (C=O) groups is 3. The summed E-state index contributed by atoms with van der Waals surface area (Å²) in [5.74, 6) is -0.928. The van der Waals surface area contributed by atoms with Gasteiger partial charge in [0, 0.05) is 15.6 Å². The van der Waals surface area contributed by atoms with E-state index in [4.69, 9.17) is 44.3 Å². The lowest BCUT2D eigenvalue weighted by Crippen LogP contribution is -2.54. The highest BCUT2D eigenvalue weighted by atomic mass is 35.5. The van der Waals surface area contributed by atoms with Crippen LogP contribution in [-0.2, 0) is 22.8 Å². The Kier molecular flexibility index (Phi) is 8.59. The van der Waals surface area contributed by atoms with Gasteiger partial charge in [-0.25, -0.2) is 9.69 Å². The number of nitrogens with zero attached hydrogens (tertiary/aromatic N) is 1. The minimum Gasteiger partial charge on any atom is -0.489 e. The minimum atomic E-state index is -0.876. The predicted molar refractivity (Wildman–Crippen MR) is 158 cm³/mol. The van der Waals surface area contributed by atoms with Gasteiger partial charge in [-0.05, 0) is 65.7 Å². The van der Waals surface area contributed by atoms with Crippen LogP contribution < -0.4 is 19.7 Å². The molecule has 1 aliphatic heterocycles. The van der Waals surface area contributed by atoms with Crippen molar-refractivity contribution in [2.75, 3.05) is 4.90 Å². The summed E-state index contributed by atoms with van der Waals surface area (Å²) in [7, 11) is 0. The largest absolute Gasteiger partial charge is 0.489 e. The molecular formula is C31H21Cl3N2O5. The Labute approximate surface area is 250 Å². The molecule has 1 fully saturated rings. The Bertz CT molecular complexity index is 1640. The zero-order valence-electron chi connectivity index (χ0n) is 21.3. The molecule has 1 N–H and O–H groups in total. The quantitative estimate of drug-likeness (QED) is 0.166. The average Bonchev–Trinajstić information content (AvgIpc) is 2.95. The molecule has 4 amide bonds. The maximum Gasteiger partial charge on any atom is 0.335 e. The maximum atomic E-state index is 13.5. The molecule has 41 heavy (non-hydrogen) atoms. The number of hydrogen-bond acceptors (Lipinski definition) is 5. The van der Waals surface area contributed by atoms with Crippen molar-refractivity contribution in [3.63, 3.8) is 0 Å². The third-order valence-electron chi connectivity index (χ3n) is 6.08. The Balaban J connectivity index is 1.39. The number of barbiturate groups is 1. The molecule has 206 valence electrons. The molecule has 0 bridgehead atoms. The molecule has 1 heterocycles. The summed E-state index contributed by atoms with van der Waals surface area (Å²) < 4.78 is 11.7. The number of nitrogens with one attached hydrogen (secondary N) is 1. The molecule has 0 atom stereocenters. The fourth-order valence-electron chi connectivity index (χ4n) is 4.06. The van der Waals surface area contributed by atoms with Gasteiger partial charge in [0.2, 0.25) is 0 Å². The van der Waals surface area contributed by atoms with E-state index in [1.54, 1.807) is 48.5 Å². The van der Waals surface area contributed by atoms with Crippen LogP contribution in [-0.4, -0.2) is 17.8 Å². The third-order valence-corrected chi connectivity index (χ3v) is 6.83. The smallest absolute Gasteiger partial charge is 0.335 e. The second-order valence-electron chi connectivity index (χ2n) is 8.95. The highest BCUT2D eigenvalue weighted by molar-refractivity contribution is 6.40. The first kappa shape index (κ1) is 28.2. The van der Waals surface area contributed by atoms with Gasteiger partial charge >= 0.3 is 6.03 Å². The normalized spacial score (nSPS) is 14.3. The molecule has 1 saturated heterocycles. The number of benzene rings is 4. The van der Waals surface area contributed by atoms with E-state index in [1.807, 2.05) is 30.3 Å². The van der Waals surface area contributed by atoms with Gasteiger partial charge in [0.1, 0.15) is 30.3 Å². The summed E-state index contributed by atoms with van der Waals surface area (Å²) in [5.41, 5.74) is 2.05. The van der Waals surface area contributed by atoms with E-state index >= 15 is 0 Å². The van der Waals surface area contributed by atoms with Crippen molar-refractivity contribution in [3.05, 3.63) is 128 Å². The van der Waals surface area contributed by atoms with E-state index in [-0.39, 0.29) is 39.2 Å². The van der Waals surface area contributed by atoms with Gasteiger partial charge in [-0.2, -0.15) is 0 Å². The Morgan fingerprint density at radius 3 is 2.10 bits per heavy atom. The fourth-order valence-corrected chi connectivity index (χ4v) is 4.75. The first-order chi connectivity index (χ1) is 19.8. The van der Waals surface area contributed by atoms with E-state index in [1.165, 1.54) is 18.2 Å². The van der Waals surface area contributed by atoms with Crippen molar-refractivity contribution in [3.8, 4) is 11.5 Å². The summed E-state index contributed by atoms with van der Waals surface area (Å²) >= 11 is 18.6. The molecule has 5 rings (SSSR count). The SMILES string of the molecule is O=C1NC(=O)N(c2ccc(OCc3ccccc3)cc2)C(=O)/C1=C/c1cc(Cl)cc(Cl)c1OCc1ccc(Cl)cc1. The topological polar surface area (TPSA) is 84.9 Å². The average molecular weight is 608 g/mol. The number of imide groups is 2. The molecule has 0 unspecified atom stereocenters. The molecule has 4 aromatic rings. The number of halogens is 3. The minimum absolute atomic E-state index is 0.137. The lowest BCUT2D eigenvalue weighted by molar-refractivity contribution is -0.122. The summed E-state index contributed by atoms with van der Waals surface area (Å²) in [4.78, 5) is 39.8. The molecule has 0 radical (unpaired) electrons. The molecule has 0 spiro atoms. The zero-order chi connectivity index (χ0) is 28.9. The van der Waals surface area contributed by atoms with Gasteiger partial charge in [0.15, 0.2) is 0 Å². The Hall–Kier alpha value is -4.30. The van der Waals surface area contributed by atoms with Crippen LogP contribution in [0.3, 0.4) is 0 Å². The third kappa shape index (κ3) is 6.72. The molecule has 10 heteroatoms. The lowest BCUT2D eigenvalue weighted by atomic mass is 10.1. The van der Waals surface area contributed by atoms with Crippen molar-refractivity contribution >= 4 is 64.4 Å². The van der Waals surface area contributed by atoms with Crippen LogP contribution in [0.2, 0.25) is 15.1 Å². The fraction of sp³-hybridized carbons (Fsp3) is 0.0645. The van der Waals surface area contributed by atoms with Crippen LogP contribution in [0.15, 0.2) is 96.6 Å². The van der Waals surface area contributed by atoms with Crippen molar-refractivity contribution in [1.82, 2.24) is 5.32 Å². The number of amides is 4. The van der Waals surface area contributed by atoms with E-state index in [0.29, 0.717) is 17.4 Å². The van der Waals surface area contributed by atoms with E-state index in [0.717, 1.165) is 16.0 Å². The summed E-state index contributed by atoms with van der Waals surface area (Å²) in [6, 6.07) is 25.2. The van der Waals surface area contributed by atoms with Crippen molar-refractivity contribution in [2.45, 2.75) is 13.2 Å². The first-order valence-corrected chi connectivity index (χ1v) is 13.5. The second kappa shape index (κ2) is 12.5. The van der Waals surface area contributed by atoms with Gasteiger partial charge in [-0.1, -0.05) is 77.3 Å². The Morgan fingerprint density at radius 1 is 0.732 bits per heavy atom. The number of rotatable bonds is 8. The highest BCUT2D eigenvalue weighted by Gasteiger charge is 2.37. The van der Waals surface area contributed by atoms with Gasteiger partial charge < -0.3 is 9.47 Å². The van der Waals surface area contributed by atoms with Crippen LogP contribution in [0.25, 0.3) is 6.08 Å². The van der Waals surface area contributed by atoms with Gasteiger partial charge in [0.05, 0.1) is 10.7 Å². The van der Waals surface area contributed by atoms with E-state index < -0.39 is 17.8 Å². The van der Waals surface area contributed by atoms with Crippen molar-refractivity contribution < 1.29 is 23.9 Å². The molecule has 0 saturated carbocycles. The lowest BCUT2D eigenvalue weighted by Gasteiger charge is -2.26. The Morgan fingerprint density at radius 2 is 1.39 bits per heavy atom. The molecule has 0 aliphatic carbocycles. The summed E-state index contributed by atoms with van der Waals surface area (Å²) in [6.07, 6.45) is 1.30. The number of urea groups is 1. The standard InChI is InChI=1S/C31H21Cl3N2O5/c32-22-8-6-20(7-9-22)18-41-28-21(14-23(33)16-27(28)34)15-26-29(37)35-31(39)36(30(26)38)24-10-12-25(13-11-24)40-17-19-4-2-1-3-5-19/h1-16H,17-18H2,(H,35,37,39)/b26-15+. The number of anilines is 1. The van der Waals surface area contributed by atoms with E-state index in [9.17, 15) is 14.4 Å². The summed E-state index contributed by atoms with van der Waals surface area (Å²) in [6.45, 7) is 0.494.